The standard InChI is InChI=1S/C18H18Cl2N2O2S/c1-22(2)18(24)25-16-6-4-3-5-15(16)21-17(23)10-8-12-7-9-13(19)11-14(12)20/h3-7,9,11H,8,10H2,1-2H3,(H,21,23). The number of nitrogens with zero attached hydrogens (tertiary/aromatic N) is 1. The van der Waals surface area contributed by atoms with Gasteiger partial charge in [-0.05, 0) is 48.0 Å². The van der Waals surface area contributed by atoms with Crippen LogP contribution in [0.5, 0.6) is 0 Å². The van der Waals surface area contributed by atoms with Crippen LogP contribution in [0.4, 0.5) is 10.5 Å². The summed E-state index contributed by atoms with van der Waals surface area (Å²) in [6, 6.07) is 12.5. The number of hydrogen-bond acceptors (Lipinski definition) is 3. The van der Waals surface area contributed by atoms with Crippen LogP contribution in [0.25, 0.3) is 0 Å². The SMILES string of the molecule is CN(C)C(=O)Sc1ccccc1NC(=O)CCc1ccc(Cl)cc1Cl. The number of carbonyl (C=O) groups is 2. The van der Waals surface area contributed by atoms with E-state index in [4.69, 9.17) is 23.2 Å². The molecule has 25 heavy (non-hydrogen) atoms. The van der Waals surface area contributed by atoms with Crippen molar-refractivity contribution in [3.63, 3.8) is 0 Å². The van der Waals surface area contributed by atoms with E-state index in [1.807, 2.05) is 18.2 Å². The molecule has 1 N–H and O–H groups in total. The monoisotopic (exact) mass is 396 g/mol. The van der Waals surface area contributed by atoms with Gasteiger partial charge < -0.3 is 10.2 Å². The van der Waals surface area contributed by atoms with Gasteiger partial charge in [0.25, 0.3) is 5.24 Å². The van der Waals surface area contributed by atoms with Gasteiger partial charge in [0.2, 0.25) is 5.91 Å². The van der Waals surface area contributed by atoms with Gasteiger partial charge in [0, 0.05) is 35.5 Å². The lowest BCUT2D eigenvalue weighted by atomic mass is 10.1. The molecule has 7 heteroatoms. The second-order valence-electron chi connectivity index (χ2n) is 5.54. The molecule has 0 aliphatic rings. The zero-order chi connectivity index (χ0) is 18.4. The van der Waals surface area contributed by atoms with Gasteiger partial charge in [0.05, 0.1) is 5.69 Å². The van der Waals surface area contributed by atoms with Crippen molar-refractivity contribution in [2.75, 3.05) is 19.4 Å². The predicted octanol–water partition coefficient (Wildman–Crippen LogP) is 5.34. The summed E-state index contributed by atoms with van der Waals surface area (Å²) in [6.07, 6.45) is 0.787. The van der Waals surface area contributed by atoms with Crippen LogP contribution < -0.4 is 5.32 Å². The molecule has 132 valence electrons. The Balaban J connectivity index is 1.99. The maximum Gasteiger partial charge on any atom is 0.286 e. The molecule has 4 nitrogen and oxygen atoms in total. The molecule has 0 aliphatic heterocycles. The smallest absolute Gasteiger partial charge is 0.286 e. The van der Waals surface area contributed by atoms with E-state index in [0.717, 1.165) is 17.3 Å². The Morgan fingerprint density at radius 2 is 1.84 bits per heavy atom. The molecule has 0 unspecified atom stereocenters. The topological polar surface area (TPSA) is 49.4 Å². The zero-order valence-electron chi connectivity index (χ0n) is 13.9. The van der Waals surface area contributed by atoms with Crippen molar-refractivity contribution in [3.8, 4) is 0 Å². The van der Waals surface area contributed by atoms with Gasteiger partial charge in [-0.2, -0.15) is 0 Å². The van der Waals surface area contributed by atoms with E-state index in [-0.39, 0.29) is 17.6 Å². The first-order valence-corrected chi connectivity index (χ1v) is 9.16. The highest BCUT2D eigenvalue weighted by molar-refractivity contribution is 8.13. The van der Waals surface area contributed by atoms with E-state index in [1.54, 1.807) is 38.4 Å². The highest BCUT2D eigenvalue weighted by atomic mass is 35.5. The van der Waals surface area contributed by atoms with Crippen molar-refractivity contribution >= 4 is 51.8 Å². The van der Waals surface area contributed by atoms with Crippen molar-refractivity contribution in [3.05, 3.63) is 58.1 Å². The Bertz CT molecular complexity index is 781. The van der Waals surface area contributed by atoms with Gasteiger partial charge in [-0.3, -0.25) is 9.59 Å². The summed E-state index contributed by atoms with van der Waals surface area (Å²) < 4.78 is 0. The molecule has 0 spiro atoms. The van der Waals surface area contributed by atoms with Gasteiger partial charge in [-0.15, -0.1) is 0 Å². The Morgan fingerprint density at radius 1 is 1.12 bits per heavy atom. The summed E-state index contributed by atoms with van der Waals surface area (Å²) in [4.78, 5) is 26.3. The molecule has 0 saturated heterocycles. The number of amides is 2. The van der Waals surface area contributed by atoms with Crippen LogP contribution in [0.3, 0.4) is 0 Å². The summed E-state index contributed by atoms with van der Waals surface area (Å²) in [5.41, 5.74) is 1.49. The molecule has 0 aromatic heterocycles. The third-order valence-corrected chi connectivity index (χ3v) is 5.06. The van der Waals surface area contributed by atoms with E-state index < -0.39 is 0 Å². The lowest BCUT2D eigenvalue weighted by molar-refractivity contribution is -0.116. The second kappa shape index (κ2) is 9.13. The molecule has 0 radical (unpaired) electrons. The number of halogens is 2. The quantitative estimate of drug-likeness (QED) is 0.693. The highest BCUT2D eigenvalue weighted by Crippen LogP contribution is 2.29. The Labute approximate surface area is 161 Å². The van der Waals surface area contributed by atoms with Gasteiger partial charge in [0.1, 0.15) is 0 Å². The van der Waals surface area contributed by atoms with Crippen molar-refractivity contribution in [2.45, 2.75) is 17.7 Å². The molecule has 0 bridgehead atoms. The fraction of sp³-hybridized carbons (Fsp3) is 0.222. The highest BCUT2D eigenvalue weighted by Gasteiger charge is 2.13. The van der Waals surface area contributed by atoms with Crippen molar-refractivity contribution < 1.29 is 9.59 Å². The third-order valence-electron chi connectivity index (χ3n) is 3.36. The maximum absolute atomic E-state index is 12.3. The van der Waals surface area contributed by atoms with E-state index in [9.17, 15) is 9.59 Å². The van der Waals surface area contributed by atoms with Crippen LogP contribution in [-0.4, -0.2) is 30.1 Å². The Kier molecular flexibility index (Phi) is 7.17. The molecule has 0 fully saturated rings. The average Bonchev–Trinajstić information content (AvgIpc) is 2.55. The number of para-hydroxylation sites is 1. The van der Waals surface area contributed by atoms with E-state index in [2.05, 4.69) is 5.32 Å². The molecule has 0 atom stereocenters. The minimum absolute atomic E-state index is 0.102. The number of thioether (sulfide) groups is 1. The lowest BCUT2D eigenvalue weighted by Crippen LogP contribution is -2.17. The fourth-order valence-corrected chi connectivity index (χ4v) is 3.28. The van der Waals surface area contributed by atoms with Crippen molar-refractivity contribution in [2.24, 2.45) is 0 Å². The summed E-state index contributed by atoms with van der Waals surface area (Å²) >= 11 is 13.1. The minimum atomic E-state index is -0.142. The number of anilines is 1. The van der Waals surface area contributed by atoms with E-state index >= 15 is 0 Å². The minimum Gasteiger partial charge on any atom is -0.339 e. The lowest BCUT2D eigenvalue weighted by Gasteiger charge is -2.13. The average molecular weight is 397 g/mol. The van der Waals surface area contributed by atoms with Crippen LogP contribution >= 0.6 is 35.0 Å². The number of aryl methyl sites for hydroxylation is 1. The summed E-state index contributed by atoms with van der Waals surface area (Å²) in [7, 11) is 3.37. The molecule has 0 heterocycles. The normalized spacial score (nSPS) is 10.4. The third kappa shape index (κ3) is 5.96. The number of carbonyl (C=O) groups excluding carboxylic acids is 2. The van der Waals surface area contributed by atoms with Gasteiger partial charge >= 0.3 is 0 Å². The fourth-order valence-electron chi connectivity index (χ4n) is 2.03. The molecule has 2 rings (SSSR count). The first-order chi connectivity index (χ1) is 11.9. The first kappa shape index (κ1) is 19.6. The molecular weight excluding hydrogens is 379 g/mol. The van der Waals surface area contributed by atoms with Crippen LogP contribution in [-0.2, 0) is 11.2 Å². The summed E-state index contributed by atoms with van der Waals surface area (Å²) in [5.74, 6) is -0.142. The Hall–Kier alpha value is -1.69. The second-order valence-corrected chi connectivity index (χ2v) is 7.38. The van der Waals surface area contributed by atoms with E-state index in [1.165, 1.54) is 4.90 Å². The molecule has 0 aliphatic carbocycles. The molecule has 2 amide bonds. The van der Waals surface area contributed by atoms with Crippen molar-refractivity contribution in [1.82, 2.24) is 4.90 Å². The molecule has 0 saturated carbocycles. The Morgan fingerprint density at radius 3 is 2.52 bits per heavy atom. The largest absolute Gasteiger partial charge is 0.339 e. The van der Waals surface area contributed by atoms with Crippen molar-refractivity contribution in [1.29, 1.82) is 0 Å². The number of benzene rings is 2. The first-order valence-electron chi connectivity index (χ1n) is 7.58. The maximum atomic E-state index is 12.3. The van der Waals surface area contributed by atoms with Gasteiger partial charge in [-0.25, -0.2) is 0 Å². The molecule has 2 aromatic carbocycles. The molecular formula is C18H18Cl2N2O2S. The number of nitrogens with one attached hydrogen (secondary N) is 1. The molecule has 2 aromatic rings. The van der Waals surface area contributed by atoms with Crippen LogP contribution in [0.1, 0.15) is 12.0 Å². The number of rotatable bonds is 5. The predicted molar refractivity (Wildman–Crippen MR) is 105 cm³/mol. The van der Waals surface area contributed by atoms with Gasteiger partial charge in [-0.1, -0.05) is 41.4 Å². The van der Waals surface area contributed by atoms with Crippen LogP contribution in [0.15, 0.2) is 47.4 Å². The van der Waals surface area contributed by atoms with Crippen LogP contribution in [0.2, 0.25) is 10.0 Å². The summed E-state index contributed by atoms with van der Waals surface area (Å²) in [6.45, 7) is 0. The van der Waals surface area contributed by atoms with Crippen LogP contribution in [0, 0.1) is 0 Å². The summed E-state index contributed by atoms with van der Waals surface area (Å²) in [5, 5.41) is 3.87. The number of hydrogen-bond donors (Lipinski definition) is 1. The zero-order valence-corrected chi connectivity index (χ0v) is 16.2. The van der Waals surface area contributed by atoms with Gasteiger partial charge in [0.15, 0.2) is 0 Å². The van der Waals surface area contributed by atoms with E-state index in [0.29, 0.717) is 27.0 Å².